The number of nitrogens with zero attached hydrogens (tertiary/aromatic N) is 1. The maximum atomic E-state index is 8.65. The standard InChI is InChI=1S/C8H20N2O/c1-3-10(4-2)6-5-8(9)7-11/h8,11H,3-7,9H2,1-2H3. The first kappa shape index (κ1) is 10.9. The zero-order valence-corrected chi connectivity index (χ0v) is 7.58. The summed E-state index contributed by atoms with van der Waals surface area (Å²) in [6.07, 6.45) is 0.887. The van der Waals surface area contributed by atoms with Crippen LogP contribution in [0.25, 0.3) is 0 Å². The topological polar surface area (TPSA) is 49.5 Å². The second-order valence-electron chi connectivity index (χ2n) is 2.76. The normalized spacial score (nSPS) is 13.9. The van der Waals surface area contributed by atoms with Crippen LogP contribution < -0.4 is 5.73 Å². The van der Waals surface area contributed by atoms with E-state index in [4.69, 9.17) is 10.8 Å². The van der Waals surface area contributed by atoms with Gasteiger partial charge in [0.15, 0.2) is 0 Å². The third-order valence-corrected chi connectivity index (χ3v) is 1.95. The maximum Gasteiger partial charge on any atom is 0.0583 e. The molecule has 3 nitrogen and oxygen atoms in total. The predicted octanol–water partition coefficient (Wildman–Crippen LogP) is 0.0379. The summed E-state index contributed by atoms with van der Waals surface area (Å²) in [6.45, 7) is 7.49. The first-order chi connectivity index (χ1) is 5.24. The van der Waals surface area contributed by atoms with Crippen LogP contribution in [-0.2, 0) is 0 Å². The van der Waals surface area contributed by atoms with Crippen LogP contribution in [0.1, 0.15) is 20.3 Å². The summed E-state index contributed by atoms with van der Waals surface area (Å²) in [7, 11) is 0. The molecule has 0 aromatic heterocycles. The molecule has 0 aromatic carbocycles. The highest BCUT2D eigenvalue weighted by molar-refractivity contribution is 4.62. The predicted molar refractivity (Wildman–Crippen MR) is 47.5 cm³/mol. The summed E-state index contributed by atoms with van der Waals surface area (Å²) in [5, 5.41) is 8.65. The molecule has 0 bridgehead atoms. The smallest absolute Gasteiger partial charge is 0.0583 e. The molecule has 0 amide bonds. The molecule has 1 atom stereocenters. The average Bonchev–Trinajstić information content (AvgIpc) is 2.06. The van der Waals surface area contributed by atoms with Crippen molar-refractivity contribution in [1.82, 2.24) is 4.90 Å². The molecule has 3 heteroatoms. The molecule has 68 valence electrons. The molecule has 0 aromatic rings. The molecule has 0 fully saturated rings. The van der Waals surface area contributed by atoms with E-state index in [1.54, 1.807) is 0 Å². The lowest BCUT2D eigenvalue weighted by Crippen LogP contribution is -2.32. The Morgan fingerprint density at radius 1 is 1.36 bits per heavy atom. The molecule has 0 saturated heterocycles. The molecule has 11 heavy (non-hydrogen) atoms. The summed E-state index contributed by atoms with van der Waals surface area (Å²) in [4.78, 5) is 2.30. The Morgan fingerprint density at radius 3 is 2.27 bits per heavy atom. The van der Waals surface area contributed by atoms with Crippen LogP contribution in [0.4, 0.5) is 0 Å². The van der Waals surface area contributed by atoms with Crippen molar-refractivity contribution in [3.05, 3.63) is 0 Å². The second kappa shape index (κ2) is 6.58. The molecule has 0 spiro atoms. The summed E-state index contributed by atoms with van der Waals surface area (Å²) >= 11 is 0. The van der Waals surface area contributed by atoms with E-state index < -0.39 is 0 Å². The van der Waals surface area contributed by atoms with Gasteiger partial charge in [-0.25, -0.2) is 0 Å². The Kier molecular flexibility index (Phi) is 6.51. The van der Waals surface area contributed by atoms with Crippen LogP contribution >= 0.6 is 0 Å². The van der Waals surface area contributed by atoms with E-state index in [9.17, 15) is 0 Å². The van der Waals surface area contributed by atoms with Gasteiger partial charge in [0.25, 0.3) is 0 Å². The largest absolute Gasteiger partial charge is 0.395 e. The lowest BCUT2D eigenvalue weighted by molar-refractivity contribution is 0.233. The highest BCUT2D eigenvalue weighted by Gasteiger charge is 2.03. The number of aliphatic hydroxyl groups is 1. The molecular weight excluding hydrogens is 140 g/mol. The molecule has 0 rings (SSSR count). The molecule has 0 aliphatic heterocycles. The van der Waals surface area contributed by atoms with Gasteiger partial charge in [-0.1, -0.05) is 13.8 Å². The van der Waals surface area contributed by atoms with Crippen molar-refractivity contribution in [2.45, 2.75) is 26.3 Å². The van der Waals surface area contributed by atoms with Gasteiger partial charge in [-0.3, -0.25) is 0 Å². The summed E-state index contributed by atoms with van der Waals surface area (Å²) in [5.74, 6) is 0. The summed E-state index contributed by atoms with van der Waals surface area (Å²) in [5.41, 5.74) is 5.55. The highest BCUT2D eigenvalue weighted by Crippen LogP contribution is 1.92. The zero-order chi connectivity index (χ0) is 8.69. The van der Waals surface area contributed by atoms with Gasteiger partial charge in [0.2, 0.25) is 0 Å². The van der Waals surface area contributed by atoms with Gasteiger partial charge in [-0.2, -0.15) is 0 Å². The minimum Gasteiger partial charge on any atom is -0.395 e. The van der Waals surface area contributed by atoms with Crippen molar-refractivity contribution in [1.29, 1.82) is 0 Å². The minimum atomic E-state index is -0.0457. The minimum absolute atomic E-state index is 0.0457. The van der Waals surface area contributed by atoms with Crippen molar-refractivity contribution in [2.24, 2.45) is 5.73 Å². The highest BCUT2D eigenvalue weighted by atomic mass is 16.3. The second-order valence-corrected chi connectivity index (χ2v) is 2.76. The fraction of sp³-hybridized carbons (Fsp3) is 1.00. The van der Waals surface area contributed by atoms with Crippen molar-refractivity contribution in [3.8, 4) is 0 Å². The molecule has 0 saturated carbocycles. The quantitative estimate of drug-likeness (QED) is 0.576. The maximum absolute atomic E-state index is 8.65. The third kappa shape index (κ3) is 5.18. The molecule has 0 radical (unpaired) electrons. The van der Waals surface area contributed by atoms with E-state index in [0.717, 1.165) is 26.1 Å². The zero-order valence-electron chi connectivity index (χ0n) is 7.58. The van der Waals surface area contributed by atoms with Crippen LogP contribution in [0.3, 0.4) is 0 Å². The number of hydrogen-bond donors (Lipinski definition) is 2. The third-order valence-electron chi connectivity index (χ3n) is 1.95. The first-order valence-corrected chi connectivity index (χ1v) is 4.33. The molecular formula is C8H20N2O. The molecule has 0 aliphatic rings. The van der Waals surface area contributed by atoms with Crippen LogP contribution in [0.2, 0.25) is 0 Å². The summed E-state index contributed by atoms with van der Waals surface area (Å²) < 4.78 is 0. The van der Waals surface area contributed by atoms with Crippen molar-refractivity contribution in [2.75, 3.05) is 26.2 Å². The summed E-state index contributed by atoms with van der Waals surface area (Å²) in [6, 6.07) is -0.0457. The van der Waals surface area contributed by atoms with Crippen molar-refractivity contribution >= 4 is 0 Å². The monoisotopic (exact) mass is 160 g/mol. The van der Waals surface area contributed by atoms with E-state index in [1.165, 1.54) is 0 Å². The number of nitrogens with two attached hydrogens (primary N) is 1. The van der Waals surface area contributed by atoms with Gasteiger partial charge in [-0.05, 0) is 26.1 Å². The Labute approximate surface area is 69.2 Å². The van der Waals surface area contributed by atoms with Gasteiger partial charge in [0, 0.05) is 6.04 Å². The van der Waals surface area contributed by atoms with E-state index in [2.05, 4.69) is 18.7 Å². The van der Waals surface area contributed by atoms with Crippen molar-refractivity contribution in [3.63, 3.8) is 0 Å². The Bertz CT molecular complexity index is 84.2. The van der Waals surface area contributed by atoms with E-state index in [0.29, 0.717) is 0 Å². The average molecular weight is 160 g/mol. The fourth-order valence-corrected chi connectivity index (χ4v) is 0.980. The van der Waals surface area contributed by atoms with Gasteiger partial charge in [0.1, 0.15) is 0 Å². The SMILES string of the molecule is CCN(CC)CCC(N)CO. The van der Waals surface area contributed by atoms with Crippen LogP contribution in [0.15, 0.2) is 0 Å². The lowest BCUT2D eigenvalue weighted by Gasteiger charge is -2.19. The molecule has 0 aliphatic carbocycles. The molecule has 3 N–H and O–H groups in total. The Balaban J connectivity index is 3.34. The lowest BCUT2D eigenvalue weighted by atomic mass is 10.2. The first-order valence-electron chi connectivity index (χ1n) is 4.33. The van der Waals surface area contributed by atoms with Crippen molar-refractivity contribution < 1.29 is 5.11 Å². The van der Waals surface area contributed by atoms with Crippen LogP contribution in [0, 0.1) is 0 Å². The van der Waals surface area contributed by atoms with Gasteiger partial charge >= 0.3 is 0 Å². The van der Waals surface area contributed by atoms with E-state index in [1.807, 2.05) is 0 Å². The van der Waals surface area contributed by atoms with Gasteiger partial charge in [0.05, 0.1) is 6.61 Å². The molecule has 1 unspecified atom stereocenters. The van der Waals surface area contributed by atoms with Gasteiger partial charge in [-0.15, -0.1) is 0 Å². The van der Waals surface area contributed by atoms with E-state index in [-0.39, 0.29) is 12.6 Å². The van der Waals surface area contributed by atoms with Crippen LogP contribution in [0.5, 0.6) is 0 Å². The number of rotatable bonds is 6. The molecule has 0 heterocycles. The van der Waals surface area contributed by atoms with Crippen LogP contribution in [-0.4, -0.2) is 42.3 Å². The number of aliphatic hydroxyl groups excluding tert-OH is 1. The Morgan fingerprint density at radius 2 is 1.91 bits per heavy atom. The number of hydrogen-bond acceptors (Lipinski definition) is 3. The fourth-order valence-electron chi connectivity index (χ4n) is 0.980. The van der Waals surface area contributed by atoms with Gasteiger partial charge < -0.3 is 15.7 Å². The Hall–Kier alpha value is -0.120. The van der Waals surface area contributed by atoms with E-state index >= 15 is 0 Å².